The fraction of sp³-hybridized carbons (Fsp3) is 1.00. The highest BCUT2D eigenvalue weighted by Gasteiger charge is 2.19. The van der Waals surface area contributed by atoms with Gasteiger partial charge in [-0.05, 0) is 25.7 Å². The summed E-state index contributed by atoms with van der Waals surface area (Å²) in [6.07, 6.45) is 1.98. The van der Waals surface area contributed by atoms with Gasteiger partial charge in [0.1, 0.15) is 0 Å². The van der Waals surface area contributed by atoms with Gasteiger partial charge in [-0.25, -0.2) is 0 Å². The maximum absolute atomic E-state index is 9.74. The van der Waals surface area contributed by atoms with Crippen LogP contribution in [0.3, 0.4) is 0 Å². The van der Waals surface area contributed by atoms with Crippen molar-refractivity contribution in [3.63, 3.8) is 0 Å². The van der Waals surface area contributed by atoms with E-state index >= 15 is 0 Å². The Balaban J connectivity index is 2.04. The lowest BCUT2D eigenvalue weighted by Gasteiger charge is -2.28. The molecule has 1 saturated heterocycles. The molecule has 17 heavy (non-hydrogen) atoms. The van der Waals surface area contributed by atoms with E-state index in [9.17, 15) is 5.11 Å². The van der Waals surface area contributed by atoms with Gasteiger partial charge in [0.2, 0.25) is 0 Å². The van der Waals surface area contributed by atoms with E-state index in [-0.39, 0.29) is 0 Å². The third kappa shape index (κ3) is 6.99. The zero-order valence-electron chi connectivity index (χ0n) is 11.3. The monoisotopic (exact) mass is 245 g/mol. The van der Waals surface area contributed by atoms with Crippen molar-refractivity contribution in [1.82, 2.24) is 5.32 Å². The van der Waals surface area contributed by atoms with Gasteiger partial charge in [0.15, 0.2) is 0 Å². The molecule has 4 heteroatoms. The van der Waals surface area contributed by atoms with Gasteiger partial charge in [0, 0.05) is 25.8 Å². The van der Waals surface area contributed by atoms with E-state index < -0.39 is 6.10 Å². The summed E-state index contributed by atoms with van der Waals surface area (Å²) in [4.78, 5) is 0. The number of hydrogen-bond donors (Lipinski definition) is 2. The lowest BCUT2D eigenvalue weighted by atomic mass is 10.0. The minimum absolute atomic E-state index is 0.329. The molecular weight excluding hydrogens is 218 g/mol. The van der Waals surface area contributed by atoms with Crippen molar-refractivity contribution in [3.8, 4) is 0 Å². The molecule has 102 valence electrons. The second kappa shape index (κ2) is 8.03. The lowest BCUT2D eigenvalue weighted by Crippen LogP contribution is -2.42. The van der Waals surface area contributed by atoms with E-state index in [4.69, 9.17) is 9.47 Å². The molecule has 3 unspecified atom stereocenters. The van der Waals surface area contributed by atoms with Crippen LogP contribution in [0.4, 0.5) is 0 Å². The molecule has 0 aromatic heterocycles. The topological polar surface area (TPSA) is 50.7 Å². The summed E-state index contributed by atoms with van der Waals surface area (Å²) in [6.45, 7) is 8.86. The van der Waals surface area contributed by atoms with Crippen molar-refractivity contribution in [3.05, 3.63) is 0 Å². The third-order valence-corrected chi connectivity index (χ3v) is 2.89. The zero-order valence-corrected chi connectivity index (χ0v) is 11.3. The predicted molar refractivity (Wildman–Crippen MR) is 68.1 cm³/mol. The second-order valence-corrected chi connectivity index (χ2v) is 5.40. The predicted octanol–water partition coefficient (Wildman–Crippen LogP) is 1.18. The number of nitrogens with one attached hydrogen (secondary N) is 1. The van der Waals surface area contributed by atoms with Crippen LogP contribution in [0.15, 0.2) is 0 Å². The Morgan fingerprint density at radius 2 is 2.18 bits per heavy atom. The lowest BCUT2D eigenvalue weighted by molar-refractivity contribution is 0.00238. The summed E-state index contributed by atoms with van der Waals surface area (Å²) >= 11 is 0. The third-order valence-electron chi connectivity index (χ3n) is 2.89. The highest BCUT2D eigenvalue weighted by molar-refractivity contribution is 4.75. The van der Waals surface area contributed by atoms with Crippen LogP contribution in [0.25, 0.3) is 0 Å². The summed E-state index contributed by atoms with van der Waals surface area (Å²) in [7, 11) is 0. The first kappa shape index (κ1) is 14.9. The van der Waals surface area contributed by atoms with E-state index in [1.54, 1.807) is 0 Å². The van der Waals surface area contributed by atoms with Crippen LogP contribution in [0.5, 0.6) is 0 Å². The molecule has 0 aromatic rings. The van der Waals surface area contributed by atoms with E-state index in [2.05, 4.69) is 26.1 Å². The minimum atomic E-state index is -0.410. The van der Waals surface area contributed by atoms with E-state index in [1.807, 2.05) is 0 Å². The van der Waals surface area contributed by atoms with Gasteiger partial charge >= 0.3 is 0 Å². The molecule has 0 aromatic carbocycles. The van der Waals surface area contributed by atoms with Crippen molar-refractivity contribution < 1.29 is 14.6 Å². The molecule has 3 atom stereocenters. The molecule has 0 spiro atoms. The quantitative estimate of drug-likeness (QED) is 0.707. The minimum Gasteiger partial charge on any atom is -0.389 e. The van der Waals surface area contributed by atoms with Gasteiger partial charge in [-0.3, -0.25) is 0 Å². The molecular formula is C13H27NO3. The molecule has 1 rings (SSSR count). The smallest absolute Gasteiger partial charge is 0.0897 e. The van der Waals surface area contributed by atoms with Crippen LogP contribution >= 0.6 is 0 Å². The number of ether oxygens (including phenoxy) is 2. The zero-order chi connectivity index (χ0) is 12.7. The highest BCUT2D eigenvalue weighted by Crippen LogP contribution is 2.12. The molecule has 0 saturated carbocycles. The molecule has 1 aliphatic rings. The Labute approximate surface area is 105 Å². The van der Waals surface area contributed by atoms with Crippen molar-refractivity contribution in [2.45, 2.75) is 51.9 Å². The molecule has 0 bridgehead atoms. The first-order chi connectivity index (χ1) is 8.08. The Bertz CT molecular complexity index is 199. The molecule has 4 nitrogen and oxygen atoms in total. The number of aliphatic hydroxyl groups excluding tert-OH is 1. The summed E-state index contributed by atoms with van der Waals surface area (Å²) in [6, 6.07) is 0.471. The summed E-state index contributed by atoms with van der Waals surface area (Å²) in [5, 5.41) is 13.1. The maximum atomic E-state index is 9.74. The van der Waals surface area contributed by atoms with Gasteiger partial charge in [0.05, 0.1) is 18.8 Å². The first-order valence-electron chi connectivity index (χ1n) is 6.68. The Morgan fingerprint density at radius 3 is 2.82 bits per heavy atom. The number of aliphatic hydroxyl groups is 1. The molecule has 0 amide bonds. The fourth-order valence-electron chi connectivity index (χ4n) is 1.98. The van der Waals surface area contributed by atoms with Crippen LogP contribution in [0.1, 0.15) is 33.6 Å². The van der Waals surface area contributed by atoms with Gasteiger partial charge in [-0.1, -0.05) is 13.8 Å². The van der Waals surface area contributed by atoms with Gasteiger partial charge in [0.25, 0.3) is 0 Å². The summed E-state index contributed by atoms with van der Waals surface area (Å²) in [5.74, 6) is 0.520. The molecule has 0 radical (unpaired) electrons. The summed E-state index contributed by atoms with van der Waals surface area (Å²) in [5.41, 5.74) is 0. The van der Waals surface area contributed by atoms with Crippen LogP contribution in [-0.4, -0.2) is 49.7 Å². The number of hydrogen-bond acceptors (Lipinski definition) is 4. The maximum Gasteiger partial charge on any atom is 0.0897 e. The first-order valence-corrected chi connectivity index (χ1v) is 6.68. The summed E-state index contributed by atoms with van der Waals surface area (Å²) < 4.78 is 10.9. The van der Waals surface area contributed by atoms with Crippen molar-refractivity contribution >= 4 is 0 Å². The second-order valence-electron chi connectivity index (χ2n) is 5.40. The Morgan fingerprint density at radius 1 is 1.41 bits per heavy atom. The average molecular weight is 245 g/mol. The van der Waals surface area contributed by atoms with Crippen LogP contribution in [0.2, 0.25) is 0 Å². The van der Waals surface area contributed by atoms with E-state index in [0.29, 0.717) is 37.8 Å². The van der Waals surface area contributed by atoms with Crippen molar-refractivity contribution in [2.24, 2.45) is 5.92 Å². The van der Waals surface area contributed by atoms with Crippen molar-refractivity contribution in [2.75, 3.05) is 26.4 Å². The van der Waals surface area contributed by atoms with E-state index in [1.165, 1.54) is 0 Å². The van der Waals surface area contributed by atoms with Crippen LogP contribution in [-0.2, 0) is 9.47 Å². The van der Waals surface area contributed by atoms with Crippen LogP contribution < -0.4 is 5.32 Å². The fourth-order valence-corrected chi connectivity index (χ4v) is 1.98. The Kier molecular flexibility index (Phi) is 7.04. The van der Waals surface area contributed by atoms with Crippen molar-refractivity contribution in [1.29, 1.82) is 0 Å². The molecule has 2 N–H and O–H groups in total. The highest BCUT2D eigenvalue weighted by atomic mass is 16.5. The average Bonchev–Trinajstić information content (AvgIpc) is 2.26. The largest absolute Gasteiger partial charge is 0.389 e. The molecule has 1 aliphatic heterocycles. The van der Waals surface area contributed by atoms with Gasteiger partial charge in [-0.15, -0.1) is 0 Å². The van der Waals surface area contributed by atoms with E-state index in [0.717, 1.165) is 19.4 Å². The van der Waals surface area contributed by atoms with Crippen LogP contribution in [0, 0.1) is 5.92 Å². The standard InChI is InChI=1S/C13H27NO3/c1-10(2)8-16-9-13(15)7-14-12-4-5-17-11(3)6-12/h10-15H,4-9H2,1-3H3. The molecule has 0 aliphatic carbocycles. The van der Waals surface area contributed by atoms with Gasteiger partial charge < -0.3 is 19.9 Å². The SMILES string of the molecule is CC(C)COCC(O)CNC1CCOC(C)C1. The Hall–Kier alpha value is -0.160. The van der Waals surface area contributed by atoms with Gasteiger partial charge in [-0.2, -0.15) is 0 Å². The molecule has 1 heterocycles. The number of rotatable bonds is 7. The molecule has 1 fully saturated rings. The normalized spacial score (nSPS) is 27.4.